The topological polar surface area (TPSA) is 49.7 Å². The Balaban J connectivity index is 3.17. The quantitative estimate of drug-likeness (QED) is 0.776. The highest BCUT2D eigenvalue weighted by molar-refractivity contribution is 6.58. The van der Waals surface area contributed by atoms with Gasteiger partial charge in [0.1, 0.15) is 0 Å². The summed E-state index contributed by atoms with van der Waals surface area (Å²) in [7, 11) is -1.99. The SMILES string of the molecule is Cc1cc(B(O)O)c(F)c(OCC(C)C)c1F. The molecule has 17 heavy (non-hydrogen) atoms. The van der Waals surface area contributed by atoms with Gasteiger partial charge in [-0.2, -0.15) is 0 Å². The monoisotopic (exact) mass is 244 g/mol. The Kier molecular flexibility index (Phi) is 4.48. The summed E-state index contributed by atoms with van der Waals surface area (Å²) in [6.45, 7) is 5.24. The number of rotatable bonds is 4. The molecule has 0 saturated heterocycles. The minimum atomic E-state index is -1.99. The summed E-state index contributed by atoms with van der Waals surface area (Å²) in [5.74, 6) is -2.32. The zero-order valence-electron chi connectivity index (χ0n) is 10.00. The molecular weight excluding hydrogens is 229 g/mol. The first-order valence-corrected chi connectivity index (χ1v) is 5.32. The molecule has 3 nitrogen and oxygen atoms in total. The average Bonchev–Trinajstić information content (AvgIpc) is 2.22. The summed E-state index contributed by atoms with van der Waals surface area (Å²) in [5.41, 5.74) is -0.282. The fourth-order valence-electron chi connectivity index (χ4n) is 1.33. The van der Waals surface area contributed by atoms with Gasteiger partial charge >= 0.3 is 7.12 Å². The second-order valence-electron chi connectivity index (χ2n) is 4.32. The molecule has 1 aromatic carbocycles. The lowest BCUT2D eigenvalue weighted by atomic mass is 9.79. The van der Waals surface area contributed by atoms with Crippen molar-refractivity contribution in [3.05, 3.63) is 23.3 Å². The first-order chi connectivity index (χ1) is 7.84. The molecule has 0 spiro atoms. The largest absolute Gasteiger partial charge is 0.491 e. The van der Waals surface area contributed by atoms with Crippen LogP contribution in [0.4, 0.5) is 8.78 Å². The number of hydrogen-bond acceptors (Lipinski definition) is 3. The lowest BCUT2D eigenvalue weighted by Crippen LogP contribution is -2.34. The Morgan fingerprint density at radius 3 is 2.35 bits per heavy atom. The Morgan fingerprint density at radius 1 is 1.29 bits per heavy atom. The van der Waals surface area contributed by atoms with Crippen molar-refractivity contribution in [2.24, 2.45) is 5.92 Å². The van der Waals surface area contributed by atoms with E-state index in [0.717, 1.165) is 6.07 Å². The van der Waals surface area contributed by atoms with E-state index in [4.69, 9.17) is 14.8 Å². The normalized spacial score (nSPS) is 10.8. The summed E-state index contributed by atoms with van der Waals surface area (Å²) in [6, 6.07) is 1.05. The second kappa shape index (κ2) is 5.47. The number of benzene rings is 1. The van der Waals surface area contributed by atoms with Gasteiger partial charge in [0, 0.05) is 5.46 Å². The van der Waals surface area contributed by atoms with Crippen LogP contribution >= 0.6 is 0 Å². The van der Waals surface area contributed by atoms with Gasteiger partial charge in [0.2, 0.25) is 0 Å². The number of aryl methyl sites for hydroxylation is 1. The molecular formula is C11H15BF2O3. The van der Waals surface area contributed by atoms with Crippen LogP contribution in [-0.2, 0) is 0 Å². The van der Waals surface area contributed by atoms with Crippen LogP contribution in [0.1, 0.15) is 19.4 Å². The fourth-order valence-corrected chi connectivity index (χ4v) is 1.33. The first kappa shape index (κ1) is 13.9. The fraction of sp³-hybridized carbons (Fsp3) is 0.455. The molecule has 0 atom stereocenters. The number of ether oxygens (including phenoxy) is 1. The van der Waals surface area contributed by atoms with Crippen LogP contribution in [0, 0.1) is 24.5 Å². The molecule has 6 heteroatoms. The van der Waals surface area contributed by atoms with Crippen molar-refractivity contribution in [2.45, 2.75) is 20.8 Å². The van der Waals surface area contributed by atoms with E-state index < -0.39 is 24.5 Å². The Labute approximate surface area is 99.2 Å². The van der Waals surface area contributed by atoms with E-state index in [0.29, 0.717) is 0 Å². The highest BCUT2D eigenvalue weighted by atomic mass is 19.1. The van der Waals surface area contributed by atoms with Crippen molar-refractivity contribution in [2.75, 3.05) is 6.61 Å². The third kappa shape index (κ3) is 3.17. The minimum absolute atomic E-state index is 0.105. The summed E-state index contributed by atoms with van der Waals surface area (Å²) in [5, 5.41) is 17.9. The van der Waals surface area contributed by atoms with Crippen molar-refractivity contribution >= 4 is 12.6 Å². The molecule has 0 aliphatic carbocycles. The van der Waals surface area contributed by atoms with E-state index in [1.54, 1.807) is 0 Å². The molecule has 0 aliphatic rings. The number of hydrogen-bond donors (Lipinski definition) is 2. The van der Waals surface area contributed by atoms with E-state index in [1.165, 1.54) is 6.92 Å². The zero-order valence-corrected chi connectivity index (χ0v) is 10.00. The Hall–Kier alpha value is -1.14. The minimum Gasteiger partial charge on any atom is -0.487 e. The molecule has 0 radical (unpaired) electrons. The summed E-state index contributed by atoms with van der Waals surface area (Å²) in [6.07, 6.45) is 0. The molecule has 1 aromatic rings. The van der Waals surface area contributed by atoms with Crippen LogP contribution in [0.2, 0.25) is 0 Å². The summed E-state index contributed by atoms with van der Waals surface area (Å²) in [4.78, 5) is 0. The maximum Gasteiger partial charge on any atom is 0.491 e. The maximum atomic E-state index is 13.7. The van der Waals surface area contributed by atoms with Crippen molar-refractivity contribution in [1.29, 1.82) is 0 Å². The molecule has 94 valence electrons. The smallest absolute Gasteiger partial charge is 0.487 e. The summed E-state index contributed by atoms with van der Waals surface area (Å²) >= 11 is 0. The van der Waals surface area contributed by atoms with Crippen LogP contribution in [-0.4, -0.2) is 23.8 Å². The lowest BCUT2D eigenvalue weighted by Gasteiger charge is -2.14. The van der Waals surface area contributed by atoms with Gasteiger partial charge in [0.25, 0.3) is 0 Å². The van der Waals surface area contributed by atoms with Gasteiger partial charge in [-0.25, -0.2) is 8.78 Å². The molecule has 2 N–H and O–H groups in total. The predicted molar refractivity (Wildman–Crippen MR) is 61.3 cm³/mol. The van der Waals surface area contributed by atoms with Crippen LogP contribution < -0.4 is 10.2 Å². The van der Waals surface area contributed by atoms with Gasteiger partial charge in [-0.15, -0.1) is 0 Å². The molecule has 0 bridgehead atoms. The van der Waals surface area contributed by atoms with Crippen LogP contribution in [0.15, 0.2) is 6.07 Å². The van der Waals surface area contributed by atoms with Gasteiger partial charge in [-0.05, 0) is 18.4 Å². The van der Waals surface area contributed by atoms with Gasteiger partial charge < -0.3 is 14.8 Å². The standard InChI is InChI=1S/C11H15BF2O3/c1-6(2)5-17-11-9(13)7(3)4-8(10(11)14)12(15)16/h4,6,15-16H,5H2,1-3H3. The highest BCUT2D eigenvalue weighted by Crippen LogP contribution is 2.23. The van der Waals surface area contributed by atoms with Crippen LogP contribution in [0.5, 0.6) is 5.75 Å². The number of halogens is 2. The first-order valence-electron chi connectivity index (χ1n) is 5.32. The van der Waals surface area contributed by atoms with Crippen molar-refractivity contribution in [3.8, 4) is 5.75 Å². The molecule has 0 aliphatic heterocycles. The van der Waals surface area contributed by atoms with E-state index >= 15 is 0 Å². The second-order valence-corrected chi connectivity index (χ2v) is 4.32. The van der Waals surface area contributed by atoms with E-state index in [1.807, 2.05) is 13.8 Å². The average molecular weight is 244 g/mol. The molecule has 0 amide bonds. The third-order valence-corrected chi connectivity index (χ3v) is 2.21. The molecule has 1 rings (SSSR count). The third-order valence-electron chi connectivity index (χ3n) is 2.21. The zero-order chi connectivity index (χ0) is 13.2. The van der Waals surface area contributed by atoms with E-state index in [9.17, 15) is 8.78 Å². The van der Waals surface area contributed by atoms with Crippen molar-refractivity contribution in [1.82, 2.24) is 0 Å². The van der Waals surface area contributed by atoms with Crippen molar-refractivity contribution in [3.63, 3.8) is 0 Å². The predicted octanol–water partition coefficient (Wildman–Crippen LogP) is 0.988. The van der Waals surface area contributed by atoms with Crippen LogP contribution in [0.25, 0.3) is 0 Å². The lowest BCUT2D eigenvalue weighted by molar-refractivity contribution is 0.247. The Bertz CT molecular complexity index is 408. The van der Waals surface area contributed by atoms with Gasteiger partial charge in [0.15, 0.2) is 17.4 Å². The molecule has 0 saturated carbocycles. The molecule has 0 aromatic heterocycles. The molecule has 0 unspecified atom stereocenters. The van der Waals surface area contributed by atoms with E-state index in [2.05, 4.69) is 0 Å². The van der Waals surface area contributed by atoms with Crippen LogP contribution in [0.3, 0.4) is 0 Å². The highest BCUT2D eigenvalue weighted by Gasteiger charge is 2.24. The maximum absolute atomic E-state index is 13.7. The molecule has 0 heterocycles. The van der Waals surface area contributed by atoms with Gasteiger partial charge in [-0.1, -0.05) is 19.9 Å². The Morgan fingerprint density at radius 2 is 1.88 bits per heavy atom. The summed E-state index contributed by atoms with van der Waals surface area (Å²) < 4.78 is 32.4. The molecule has 0 fully saturated rings. The van der Waals surface area contributed by atoms with Gasteiger partial charge in [-0.3, -0.25) is 0 Å². The van der Waals surface area contributed by atoms with E-state index in [-0.39, 0.29) is 23.6 Å². The van der Waals surface area contributed by atoms with Crippen molar-refractivity contribution < 1.29 is 23.6 Å². The van der Waals surface area contributed by atoms with Gasteiger partial charge in [0.05, 0.1) is 6.61 Å².